The number of imidazole rings is 1. The van der Waals surface area contributed by atoms with Crippen LogP contribution in [0.25, 0.3) is 16.0 Å². The summed E-state index contributed by atoms with van der Waals surface area (Å²) in [6, 6.07) is 3.63. The third-order valence-corrected chi connectivity index (χ3v) is 3.58. The molecule has 0 aliphatic heterocycles. The van der Waals surface area contributed by atoms with Crippen LogP contribution in [0.5, 0.6) is 0 Å². The predicted octanol–water partition coefficient (Wildman–Crippen LogP) is 4.49. The van der Waals surface area contributed by atoms with E-state index in [-0.39, 0.29) is 24.0 Å². The van der Waals surface area contributed by atoms with Gasteiger partial charge < -0.3 is 0 Å². The minimum Gasteiger partial charge on any atom is -0.288 e. The molecular weight excluding hydrogens is 376 g/mol. The molecule has 0 bridgehead atoms. The molecule has 18 heavy (non-hydrogen) atoms. The van der Waals surface area contributed by atoms with Crippen LogP contribution in [0.3, 0.4) is 0 Å². The van der Waals surface area contributed by atoms with E-state index < -0.39 is 11.7 Å². The van der Waals surface area contributed by atoms with Crippen LogP contribution in [0.15, 0.2) is 23.6 Å². The van der Waals surface area contributed by atoms with Crippen molar-refractivity contribution in [3.8, 4) is 0 Å². The highest BCUT2D eigenvalue weighted by atomic mass is 127. The number of thiazole rings is 1. The molecule has 2 nitrogen and oxygen atoms in total. The van der Waals surface area contributed by atoms with Crippen LogP contribution in [0.1, 0.15) is 11.3 Å². The summed E-state index contributed by atoms with van der Waals surface area (Å²) in [4.78, 5) is 4.99. The van der Waals surface area contributed by atoms with Crippen molar-refractivity contribution in [1.29, 1.82) is 0 Å². The zero-order chi connectivity index (χ0) is 12.2. The lowest BCUT2D eigenvalue weighted by molar-refractivity contribution is -0.137. The number of fused-ring (bicyclic) bond motifs is 3. The van der Waals surface area contributed by atoms with Crippen molar-refractivity contribution in [3.63, 3.8) is 0 Å². The highest BCUT2D eigenvalue weighted by Crippen LogP contribution is 2.32. The van der Waals surface area contributed by atoms with Gasteiger partial charge in [-0.05, 0) is 25.1 Å². The highest BCUT2D eigenvalue weighted by molar-refractivity contribution is 14.0. The third-order valence-electron chi connectivity index (χ3n) is 2.64. The van der Waals surface area contributed by atoms with Gasteiger partial charge in [-0.1, -0.05) is 0 Å². The molecule has 0 radical (unpaired) electrons. The summed E-state index contributed by atoms with van der Waals surface area (Å²) < 4.78 is 39.6. The quantitative estimate of drug-likeness (QED) is 0.522. The minimum atomic E-state index is -4.32. The number of alkyl halides is 3. The number of aryl methyl sites for hydroxylation is 1. The van der Waals surface area contributed by atoms with Crippen molar-refractivity contribution in [1.82, 2.24) is 9.38 Å². The zero-order valence-corrected chi connectivity index (χ0v) is 12.3. The fourth-order valence-corrected chi connectivity index (χ4v) is 2.72. The number of benzene rings is 1. The van der Waals surface area contributed by atoms with E-state index in [1.165, 1.54) is 17.4 Å². The van der Waals surface area contributed by atoms with E-state index in [4.69, 9.17) is 0 Å². The summed E-state index contributed by atoms with van der Waals surface area (Å²) >= 11 is 1.42. The Bertz CT molecular complexity index is 714. The van der Waals surface area contributed by atoms with Crippen molar-refractivity contribution in [2.45, 2.75) is 13.1 Å². The lowest BCUT2D eigenvalue weighted by Gasteiger charge is -2.05. The van der Waals surface area contributed by atoms with Crippen LogP contribution < -0.4 is 0 Å². The smallest absolute Gasteiger partial charge is 0.288 e. The fraction of sp³-hybridized carbons (Fsp3) is 0.182. The second-order valence-corrected chi connectivity index (χ2v) is 4.64. The Labute approximate surface area is 121 Å². The average molecular weight is 384 g/mol. The second kappa shape index (κ2) is 4.37. The largest absolute Gasteiger partial charge is 0.416 e. The van der Waals surface area contributed by atoms with E-state index >= 15 is 0 Å². The van der Waals surface area contributed by atoms with Gasteiger partial charge in [0, 0.05) is 11.1 Å². The lowest BCUT2D eigenvalue weighted by atomic mass is 10.2. The topological polar surface area (TPSA) is 17.3 Å². The molecular formula is C11H8F3IN2S. The lowest BCUT2D eigenvalue weighted by Crippen LogP contribution is -2.04. The maximum absolute atomic E-state index is 12.6. The van der Waals surface area contributed by atoms with Crippen molar-refractivity contribution in [2.75, 3.05) is 0 Å². The molecule has 0 saturated carbocycles. The fourth-order valence-electron chi connectivity index (χ4n) is 1.84. The Hall–Kier alpha value is -0.830. The molecule has 3 rings (SSSR count). The standard InChI is InChI=1S/C11H7F3N2S.HI/c1-6-5-17-10-15-8-3-2-7(11(12,13)14)4-9(8)16(6)10;/h2-5H,1H3;1H. The van der Waals surface area contributed by atoms with E-state index in [2.05, 4.69) is 4.98 Å². The van der Waals surface area contributed by atoms with Gasteiger partial charge in [-0.3, -0.25) is 4.40 Å². The molecule has 0 unspecified atom stereocenters. The van der Waals surface area contributed by atoms with Gasteiger partial charge in [0.25, 0.3) is 0 Å². The molecule has 0 saturated heterocycles. The Morgan fingerprint density at radius 1 is 1.28 bits per heavy atom. The molecule has 0 aliphatic carbocycles. The number of hydrogen-bond acceptors (Lipinski definition) is 2. The van der Waals surface area contributed by atoms with Gasteiger partial charge >= 0.3 is 6.18 Å². The predicted molar refractivity (Wildman–Crippen MR) is 75.7 cm³/mol. The summed E-state index contributed by atoms with van der Waals surface area (Å²) in [6.45, 7) is 1.85. The van der Waals surface area contributed by atoms with Crippen molar-refractivity contribution in [3.05, 3.63) is 34.8 Å². The number of aromatic nitrogens is 2. The van der Waals surface area contributed by atoms with Crippen LogP contribution in [0, 0.1) is 6.92 Å². The van der Waals surface area contributed by atoms with Crippen molar-refractivity contribution >= 4 is 51.3 Å². The van der Waals surface area contributed by atoms with Gasteiger partial charge in [-0.15, -0.1) is 35.3 Å². The Kier molecular flexibility index (Phi) is 3.30. The Morgan fingerprint density at radius 2 is 2.00 bits per heavy atom. The van der Waals surface area contributed by atoms with Crippen LogP contribution in [-0.4, -0.2) is 9.38 Å². The maximum Gasteiger partial charge on any atom is 0.416 e. The monoisotopic (exact) mass is 384 g/mol. The van der Waals surface area contributed by atoms with Crippen LogP contribution in [0.4, 0.5) is 13.2 Å². The van der Waals surface area contributed by atoms with E-state index in [1.807, 2.05) is 12.3 Å². The Morgan fingerprint density at radius 3 is 2.67 bits per heavy atom. The van der Waals surface area contributed by atoms with E-state index in [1.54, 1.807) is 4.40 Å². The molecule has 1 aromatic carbocycles. The molecule has 0 atom stereocenters. The first kappa shape index (κ1) is 13.6. The van der Waals surface area contributed by atoms with Crippen LogP contribution in [0.2, 0.25) is 0 Å². The Balaban J connectivity index is 0.00000120. The molecule has 2 heterocycles. The number of hydrogen-bond donors (Lipinski definition) is 0. The first-order chi connectivity index (χ1) is 7.97. The zero-order valence-electron chi connectivity index (χ0n) is 9.15. The van der Waals surface area contributed by atoms with E-state index in [9.17, 15) is 13.2 Å². The van der Waals surface area contributed by atoms with Gasteiger partial charge in [0.1, 0.15) is 0 Å². The molecule has 0 aliphatic rings. The van der Waals surface area contributed by atoms with Gasteiger partial charge in [0.05, 0.1) is 16.6 Å². The summed E-state index contributed by atoms with van der Waals surface area (Å²) in [5.74, 6) is 0. The summed E-state index contributed by atoms with van der Waals surface area (Å²) in [5, 5.41) is 1.88. The summed E-state index contributed by atoms with van der Waals surface area (Å²) in [7, 11) is 0. The van der Waals surface area contributed by atoms with Crippen molar-refractivity contribution in [2.24, 2.45) is 0 Å². The van der Waals surface area contributed by atoms with E-state index in [0.29, 0.717) is 11.0 Å². The molecule has 7 heteroatoms. The third kappa shape index (κ3) is 1.99. The molecule has 96 valence electrons. The molecule has 0 fully saturated rings. The molecule has 2 aromatic heterocycles. The van der Waals surface area contributed by atoms with Gasteiger partial charge in [-0.25, -0.2) is 4.98 Å². The summed E-state index contributed by atoms with van der Waals surface area (Å²) in [6.07, 6.45) is -4.32. The highest BCUT2D eigenvalue weighted by Gasteiger charge is 2.31. The first-order valence-electron chi connectivity index (χ1n) is 4.90. The van der Waals surface area contributed by atoms with Crippen LogP contribution >= 0.6 is 35.3 Å². The van der Waals surface area contributed by atoms with Gasteiger partial charge in [0.15, 0.2) is 4.96 Å². The normalized spacial score (nSPS) is 12.0. The second-order valence-electron chi connectivity index (χ2n) is 3.81. The van der Waals surface area contributed by atoms with Gasteiger partial charge in [-0.2, -0.15) is 13.2 Å². The number of nitrogens with zero attached hydrogens (tertiary/aromatic N) is 2. The maximum atomic E-state index is 12.6. The molecule has 0 N–H and O–H groups in total. The number of halogens is 4. The first-order valence-corrected chi connectivity index (χ1v) is 5.78. The molecule has 3 aromatic rings. The van der Waals surface area contributed by atoms with Crippen molar-refractivity contribution < 1.29 is 13.2 Å². The molecule has 0 spiro atoms. The van der Waals surface area contributed by atoms with Gasteiger partial charge in [0.2, 0.25) is 0 Å². The number of rotatable bonds is 0. The van der Waals surface area contributed by atoms with E-state index in [0.717, 1.165) is 22.8 Å². The molecule has 0 amide bonds. The average Bonchev–Trinajstić information content (AvgIpc) is 2.76. The van der Waals surface area contributed by atoms with Crippen LogP contribution in [-0.2, 0) is 6.18 Å². The minimum absolute atomic E-state index is 0. The summed E-state index contributed by atoms with van der Waals surface area (Å²) in [5.41, 5.74) is 1.35. The SMILES string of the molecule is Cc1csc2nc3ccc(C(F)(F)F)cc3n12.I.